The van der Waals surface area contributed by atoms with Crippen LogP contribution in [-0.4, -0.2) is 22.8 Å². The molecule has 0 saturated carbocycles. The van der Waals surface area contributed by atoms with Crippen LogP contribution in [0.15, 0.2) is 36.4 Å². The summed E-state index contributed by atoms with van der Waals surface area (Å²) in [6, 6.07) is 9.58. The molecule has 19 heavy (non-hydrogen) atoms. The lowest BCUT2D eigenvalue weighted by Gasteiger charge is -2.07. The smallest absolute Gasteiger partial charge is 0.153 e. The maximum Gasteiger partial charge on any atom is 0.153 e. The number of phenols is 2. The zero-order chi connectivity index (χ0) is 13.8. The van der Waals surface area contributed by atoms with E-state index in [2.05, 4.69) is 0 Å². The zero-order valence-corrected chi connectivity index (χ0v) is 10.0. The second kappa shape index (κ2) is 5.35. The lowest BCUT2D eigenvalue weighted by Crippen LogP contribution is -1.93. The number of aromatic hydroxyl groups is 2. The van der Waals surface area contributed by atoms with Gasteiger partial charge in [-0.25, -0.2) is 0 Å². The van der Waals surface area contributed by atoms with Crippen LogP contribution in [0.4, 0.5) is 0 Å². The van der Waals surface area contributed by atoms with E-state index in [1.807, 2.05) is 0 Å². The quantitative estimate of drug-likeness (QED) is 0.823. The lowest BCUT2D eigenvalue weighted by atomic mass is 10.0. The summed E-state index contributed by atoms with van der Waals surface area (Å²) in [6.07, 6.45) is 1.52. The van der Waals surface area contributed by atoms with Gasteiger partial charge in [-0.1, -0.05) is 18.2 Å². The van der Waals surface area contributed by atoms with Crippen molar-refractivity contribution in [2.24, 2.45) is 0 Å². The molecule has 0 radical (unpaired) electrons. The Kier molecular flexibility index (Phi) is 3.61. The summed E-state index contributed by atoms with van der Waals surface area (Å²) in [5.74, 6) is -0.157. The van der Waals surface area contributed by atoms with E-state index in [9.17, 15) is 19.8 Å². The minimum absolute atomic E-state index is 0.0588. The molecule has 0 aliphatic heterocycles. The van der Waals surface area contributed by atoms with Crippen LogP contribution in [0.2, 0.25) is 0 Å². The number of aldehydes is 2. The van der Waals surface area contributed by atoms with Gasteiger partial charge in [-0.3, -0.25) is 9.59 Å². The molecule has 0 fully saturated rings. The van der Waals surface area contributed by atoms with Gasteiger partial charge in [0.05, 0.1) is 11.1 Å². The first-order valence-corrected chi connectivity index (χ1v) is 5.69. The Bertz CT molecular complexity index is 632. The van der Waals surface area contributed by atoms with Crippen molar-refractivity contribution in [1.82, 2.24) is 0 Å². The molecule has 0 aromatic heterocycles. The highest BCUT2D eigenvalue weighted by Crippen LogP contribution is 2.25. The van der Waals surface area contributed by atoms with Crippen LogP contribution in [0.25, 0.3) is 0 Å². The van der Waals surface area contributed by atoms with Gasteiger partial charge < -0.3 is 10.2 Å². The fourth-order valence-corrected chi connectivity index (χ4v) is 1.87. The Morgan fingerprint density at radius 2 is 1.68 bits per heavy atom. The molecule has 4 heteroatoms. The van der Waals surface area contributed by atoms with Crippen molar-refractivity contribution in [3.63, 3.8) is 0 Å². The van der Waals surface area contributed by atoms with Crippen molar-refractivity contribution >= 4 is 12.6 Å². The van der Waals surface area contributed by atoms with Crippen LogP contribution in [0, 0.1) is 0 Å². The van der Waals surface area contributed by atoms with Gasteiger partial charge in [0.15, 0.2) is 12.6 Å². The van der Waals surface area contributed by atoms with Crippen molar-refractivity contribution < 1.29 is 19.8 Å². The minimum Gasteiger partial charge on any atom is -0.507 e. The topological polar surface area (TPSA) is 74.6 Å². The minimum atomic E-state index is -0.0986. The molecular formula is C15H12O4. The Morgan fingerprint density at radius 3 is 2.32 bits per heavy atom. The summed E-state index contributed by atoms with van der Waals surface area (Å²) in [7, 11) is 0. The van der Waals surface area contributed by atoms with Gasteiger partial charge in [-0.05, 0) is 29.3 Å². The van der Waals surface area contributed by atoms with Gasteiger partial charge >= 0.3 is 0 Å². The molecule has 0 saturated heterocycles. The van der Waals surface area contributed by atoms with Gasteiger partial charge in [0.25, 0.3) is 0 Å². The molecule has 96 valence electrons. The molecule has 0 spiro atoms. The number of para-hydroxylation sites is 1. The van der Waals surface area contributed by atoms with Gasteiger partial charge in [-0.2, -0.15) is 0 Å². The summed E-state index contributed by atoms with van der Waals surface area (Å²) < 4.78 is 0. The van der Waals surface area contributed by atoms with Crippen LogP contribution in [0.5, 0.6) is 11.5 Å². The first-order chi connectivity index (χ1) is 9.15. The van der Waals surface area contributed by atoms with Crippen molar-refractivity contribution in [3.8, 4) is 11.5 Å². The van der Waals surface area contributed by atoms with E-state index >= 15 is 0 Å². The predicted molar refractivity (Wildman–Crippen MR) is 69.8 cm³/mol. The molecular weight excluding hydrogens is 244 g/mol. The van der Waals surface area contributed by atoms with Gasteiger partial charge in [-0.15, -0.1) is 0 Å². The highest BCUT2D eigenvalue weighted by Gasteiger charge is 2.08. The van der Waals surface area contributed by atoms with E-state index in [1.54, 1.807) is 18.2 Å². The van der Waals surface area contributed by atoms with Gasteiger partial charge in [0, 0.05) is 6.42 Å². The molecule has 0 amide bonds. The monoisotopic (exact) mass is 256 g/mol. The number of hydrogen-bond donors (Lipinski definition) is 2. The molecule has 0 unspecified atom stereocenters. The van der Waals surface area contributed by atoms with Crippen molar-refractivity contribution in [2.75, 3.05) is 0 Å². The molecule has 0 aliphatic carbocycles. The highest BCUT2D eigenvalue weighted by atomic mass is 16.3. The van der Waals surface area contributed by atoms with E-state index in [-0.39, 0.29) is 22.6 Å². The Hall–Kier alpha value is -2.62. The molecule has 0 atom stereocenters. The second-order valence-corrected chi connectivity index (χ2v) is 4.16. The number of benzene rings is 2. The molecule has 0 heterocycles. The summed E-state index contributed by atoms with van der Waals surface area (Å²) >= 11 is 0. The lowest BCUT2D eigenvalue weighted by molar-refractivity contribution is 0.111. The molecule has 0 aliphatic rings. The molecule has 2 rings (SSSR count). The van der Waals surface area contributed by atoms with E-state index in [1.165, 1.54) is 18.2 Å². The first-order valence-electron chi connectivity index (χ1n) is 5.69. The molecule has 4 nitrogen and oxygen atoms in total. The van der Waals surface area contributed by atoms with Crippen molar-refractivity contribution in [2.45, 2.75) is 6.42 Å². The largest absolute Gasteiger partial charge is 0.507 e. The summed E-state index contributed by atoms with van der Waals surface area (Å²) in [5.41, 5.74) is 1.77. The summed E-state index contributed by atoms with van der Waals surface area (Å²) in [4.78, 5) is 21.3. The molecule has 2 N–H and O–H groups in total. The number of phenolic OH excluding ortho intramolecular Hbond substituents is 2. The fraction of sp³-hybridized carbons (Fsp3) is 0.0667. The Labute approximate surface area is 109 Å². The average molecular weight is 256 g/mol. The normalized spacial score (nSPS) is 10.1. The number of carbonyl (C=O) groups is 2. The molecule has 2 aromatic carbocycles. The van der Waals surface area contributed by atoms with E-state index in [4.69, 9.17) is 0 Å². The van der Waals surface area contributed by atoms with Crippen LogP contribution < -0.4 is 0 Å². The maximum atomic E-state index is 10.7. The average Bonchev–Trinajstić information content (AvgIpc) is 2.41. The van der Waals surface area contributed by atoms with Crippen LogP contribution >= 0.6 is 0 Å². The second-order valence-electron chi connectivity index (χ2n) is 4.16. The highest BCUT2D eigenvalue weighted by molar-refractivity contribution is 5.80. The van der Waals surface area contributed by atoms with E-state index < -0.39 is 0 Å². The number of rotatable bonds is 4. The third kappa shape index (κ3) is 2.63. The van der Waals surface area contributed by atoms with Gasteiger partial charge in [0.1, 0.15) is 11.5 Å². The van der Waals surface area contributed by atoms with Crippen LogP contribution in [-0.2, 0) is 6.42 Å². The van der Waals surface area contributed by atoms with Crippen LogP contribution in [0.1, 0.15) is 31.8 Å². The molecule has 2 aromatic rings. The van der Waals surface area contributed by atoms with Crippen LogP contribution in [0.3, 0.4) is 0 Å². The van der Waals surface area contributed by atoms with E-state index in [0.29, 0.717) is 24.6 Å². The Morgan fingerprint density at radius 1 is 0.947 bits per heavy atom. The third-order valence-electron chi connectivity index (χ3n) is 2.89. The SMILES string of the molecule is O=Cc1ccc(Cc2cccc(C=O)c2O)cc1O. The summed E-state index contributed by atoms with van der Waals surface area (Å²) in [6.45, 7) is 0. The van der Waals surface area contributed by atoms with Crippen molar-refractivity contribution in [3.05, 3.63) is 58.7 Å². The standard InChI is InChI=1S/C15H12O4/c16-8-12-5-4-10(7-14(12)18)6-11-2-1-3-13(9-17)15(11)19/h1-5,7-9,18-19H,6H2. The fourth-order valence-electron chi connectivity index (χ4n) is 1.87. The van der Waals surface area contributed by atoms with Crippen molar-refractivity contribution in [1.29, 1.82) is 0 Å². The van der Waals surface area contributed by atoms with E-state index in [0.717, 1.165) is 5.56 Å². The number of hydrogen-bond acceptors (Lipinski definition) is 4. The Balaban J connectivity index is 2.33. The first kappa shape index (κ1) is 12.8. The zero-order valence-electron chi connectivity index (χ0n) is 10.0. The number of carbonyl (C=O) groups excluding carboxylic acids is 2. The third-order valence-corrected chi connectivity index (χ3v) is 2.89. The predicted octanol–water partition coefficient (Wildman–Crippen LogP) is 2.31. The van der Waals surface area contributed by atoms with Gasteiger partial charge in [0.2, 0.25) is 0 Å². The maximum absolute atomic E-state index is 10.7. The summed E-state index contributed by atoms with van der Waals surface area (Å²) in [5, 5.41) is 19.5. The molecule has 0 bridgehead atoms.